The molecule has 1 aliphatic rings. The minimum absolute atomic E-state index is 0.00738. The fourth-order valence-corrected chi connectivity index (χ4v) is 3.85. The van der Waals surface area contributed by atoms with Crippen molar-refractivity contribution in [3.8, 4) is 0 Å². The largest absolute Gasteiger partial charge is 0.511 e. The van der Waals surface area contributed by atoms with Crippen LogP contribution in [0, 0.1) is 5.92 Å². The number of halogens is 3. The number of nitrogens with zero attached hydrogens (tertiary/aromatic N) is 2. The van der Waals surface area contributed by atoms with Crippen molar-refractivity contribution in [3.63, 3.8) is 0 Å². The molecule has 2 rings (SSSR count). The summed E-state index contributed by atoms with van der Waals surface area (Å²) in [5.74, 6) is 0.594. The zero-order valence-corrected chi connectivity index (χ0v) is 16.1. The lowest BCUT2D eigenvalue weighted by Crippen LogP contribution is -2.45. The molecule has 6 nitrogen and oxygen atoms in total. The van der Waals surface area contributed by atoms with Gasteiger partial charge in [-0.15, -0.1) is 0 Å². The summed E-state index contributed by atoms with van der Waals surface area (Å²) in [5, 5.41) is 3.00. The molecule has 0 aliphatic carbocycles. The average Bonchev–Trinajstić information content (AvgIpc) is 2.59. The molecule has 3 N–H and O–H groups in total. The number of aliphatic imine (C=N–C) groups is 1. The molecule has 1 fully saturated rings. The van der Waals surface area contributed by atoms with Crippen molar-refractivity contribution in [2.45, 2.75) is 38.1 Å². The highest BCUT2D eigenvalue weighted by Crippen LogP contribution is 2.30. The lowest BCUT2D eigenvalue weighted by molar-refractivity contribution is -0.0496. The second-order valence-corrected chi connectivity index (χ2v) is 8.85. The summed E-state index contributed by atoms with van der Waals surface area (Å²) in [5.41, 5.74) is 2.61. The van der Waals surface area contributed by atoms with E-state index < -0.39 is 15.5 Å². The first-order valence-corrected chi connectivity index (χ1v) is 10.2. The van der Waals surface area contributed by atoms with Gasteiger partial charge in [0.25, 0.3) is 0 Å². The van der Waals surface area contributed by atoms with Crippen LogP contribution in [-0.4, -0.2) is 43.8 Å². The molecule has 27 heavy (non-hydrogen) atoms. The molecule has 1 heterocycles. The van der Waals surface area contributed by atoms with Crippen LogP contribution in [0.15, 0.2) is 29.3 Å². The van der Waals surface area contributed by atoms with Gasteiger partial charge in [0.1, 0.15) is 0 Å². The Balaban J connectivity index is 1.88. The predicted octanol–water partition coefficient (Wildman–Crippen LogP) is 3.10. The first-order valence-electron chi connectivity index (χ1n) is 8.74. The Morgan fingerprint density at radius 1 is 1.33 bits per heavy atom. The summed E-state index contributed by atoms with van der Waals surface area (Å²) in [7, 11) is -5.25. The van der Waals surface area contributed by atoms with Gasteiger partial charge in [-0.2, -0.15) is 17.5 Å². The van der Waals surface area contributed by atoms with Crippen LogP contribution in [0.5, 0.6) is 0 Å². The van der Waals surface area contributed by atoms with Crippen molar-refractivity contribution in [1.29, 1.82) is 0 Å². The molecular weight excluding hydrogens is 381 g/mol. The number of nitrogens with one attached hydrogen (secondary N) is 1. The number of piperidine rings is 1. The fourth-order valence-electron chi connectivity index (χ4n) is 2.87. The number of alkyl halides is 3. The molecule has 0 saturated carbocycles. The van der Waals surface area contributed by atoms with Crippen LogP contribution in [0.1, 0.15) is 38.2 Å². The van der Waals surface area contributed by atoms with Crippen molar-refractivity contribution in [2.24, 2.45) is 16.6 Å². The van der Waals surface area contributed by atoms with Crippen molar-refractivity contribution in [3.05, 3.63) is 29.8 Å². The molecule has 1 saturated heterocycles. The molecule has 0 amide bonds. The second kappa shape index (κ2) is 8.47. The number of hydrogen-bond acceptors (Lipinski definition) is 3. The summed E-state index contributed by atoms with van der Waals surface area (Å²) in [6.07, 6.45) is 0.629. The van der Waals surface area contributed by atoms with Crippen LogP contribution in [0.25, 0.3) is 0 Å². The molecule has 0 spiro atoms. The normalized spacial score (nSPS) is 18.1. The van der Waals surface area contributed by atoms with E-state index in [-0.39, 0.29) is 25.0 Å². The minimum Gasteiger partial charge on any atom is -0.370 e. The van der Waals surface area contributed by atoms with E-state index in [1.54, 1.807) is 0 Å². The van der Waals surface area contributed by atoms with E-state index in [2.05, 4.69) is 24.2 Å². The number of sulfonamides is 1. The van der Waals surface area contributed by atoms with E-state index in [1.807, 2.05) is 24.3 Å². The van der Waals surface area contributed by atoms with Crippen molar-refractivity contribution in [2.75, 3.05) is 25.0 Å². The van der Waals surface area contributed by atoms with Gasteiger partial charge < -0.3 is 11.1 Å². The molecule has 1 aromatic rings. The Bertz CT molecular complexity index is 771. The van der Waals surface area contributed by atoms with E-state index in [0.29, 0.717) is 29.6 Å². The highest BCUT2D eigenvalue weighted by Gasteiger charge is 2.50. The van der Waals surface area contributed by atoms with Gasteiger partial charge in [0.2, 0.25) is 0 Å². The van der Waals surface area contributed by atoms with E-state index >= 15 is 0 Å². The number of nitrogens with two attached hydrogens (primary N) is 1. The van der Waals surface area contributed by atoms with Gasteiger partial charge in [-0.3, -0.25) is 4.99 Å². The number of anilines is 1. The van der Waals surface area contributed by atoms with Gasteiger partial charge in [-0.1, -0.05) is 26.0 Å². The zero-order chi connectivity index (χ0) is 20.2. The second-order valence-electron chi connectivity index (χ2n) is 6.92. The summed E-state index contributed by atoms with van der Waals surface area (Å²) in [4.78, 5) is 4.25. The maximum Gasteiger partial charge on any atom is 0.511 e. The van der Waals surface area contributed by atoms with E-state index in [0.717, 1.165) is 11.3 Å². The molecule has 0 radical (unpaired) electrons. The minimum atomic E-state index is -5.25. The van der Waals surface area contributed by atoms with E-state index in [1.165, 1.54) is 0 Å². The van der Waals surface area contributed by atoms with Gasteiger partial charge in [-0.05, 0) is 42.4 Å². The van der Waals surface area contributed by atoms with Gasteiger partial charge in [0.15, 0.2) is 5.96 Å². The van der Waals surface area contributed by atoms with Crippen molar-refractivity contribution < 1.29 is 21.6 Å². The summed E-state index contributed by atoms with van der Waals surface area (Å²) in [6.45, 7) is 4.18. The van der Waals surface area contributed by atoms with E-state index in [4.69, 9.17) is 5.73 Å². The number of guanidine groups is 1. The Labute approximate surface area is 157 Å². The van der Waals surface area contributed by atoms with Gasteiger partial charge >= 0.3 is 15.5 Å². The number of hydrogen-bond donors (Lipinski definition) is 2. The van der Waals surface area contributed by atoms with Crippen LogP contribution in [-0.2, 0) is 10.0 Å². The molecule has 10 heteroatoms. The highest BCUT2D eigenvalue weighted by atomic mass is 32.2. The third kappa shape index (κ3) is 5.58. The Hall–Kier alpha value is -1.81. The van der Waals surface area contributed by atoms with Crippen molar-refractivity contribution >= 4 is 21.7 Å². The monoisotopic (exact) mass is 406 g/mol. The summed E-state index contributed by atoms with van der Waals surface area (Å²) < 4.78 is 61.0. The molecule has 0 bridgehead atoms. The maximum atomic E-state index is 12.6. The third-order valence-corrected chi connectivity index (χ3v) is 6.18. The van der Waals surface area contributed by atoms with Gasteiger partial charge in [-0.25, -0.2) is 8.42 Å². The highest BCUT2D eigenvalue weighted by molar-refractivity contribution is 7.90. The zero-order valence-electron chi connectivity index (χ0n) is 15.3. The average molecular weight is 406 g/mol. The van der Waals surface area contributed by atoms with E-state index in [9.17, 15) is 21.6 Å². The van der Waals surface area contributed by atoms with Gasteiger partial charge in [0, 0.05) is 25.3 Å². The fraction of sp³-hybridized carbons (Fsp3) is 0.588. The summed E-state index contributed by atoms with van der Waals surface area (Å²) >= 11 is 0. The molecule has 0 atom stereocenters. The smallest absolute Gasteiger partial charge is 0.370 e. The molecule has 1 aliphatic heterocycles. The van der Waals surface area contributed by atoms with Crippen molar-refractivity contribution in [1.82, 2.24) is 4.31 Å². The third-order valence-electron chi connectivity index (χ3n) is 4.55. The Kier molecular flexibility index (Phi) is 6.74. The van der Waals surface area contributed by atoms with Crippen LogP contribution in [0.3, 0.4) is 0 Å². The number of benzene rings is 1. The SMILES string of the molecule is CC(C)c1cccc(NC(N)=NCC2CCN(S(=O)(=O)C(F)(F)F)CC2)c1. The Morgan fingerprint density at radius 3 is 2.52 bits per heavy atom. The molecule has 1 aromatic carbocycles. The molecule has 152 valence electrons. The standard InChI is InChI=1S/C17H25F3N4O2S/c1-12(2)14-4-3-5-15(10-14)23-16(21)22-11-13-6-8-24(9-7-13)27(25,26)17(18,19)20/h3-5,10,12-13H,6-9,11H2,1-2H3,(H3,21,22,23). The van der Waals surface area contributed by atoms with Crippen LogP contribution >= 0.6 is 0 Å². The van der Waals surface area contributed by atoms with Crippen LogP contribution in [0.2, 0.25) is 0 Å². The molecular formula is C17H25F3N4O2S. The quantitative estimate of drug-likeness (QED) is 0.581. The van der Waals surface area contributed by atoms with Crippen LogP contribution in [0.4, 0.5) is 18.9 Å². The first-order chi connectivity index (χ1) is 12.5. The molecule has 0 aromatic heterocycles. The lowest BCUT2D eigenvalue weighted by atomic mass is 9.98. The Morgan fingerprint density at radius 2 is 1.96 bits per heavy atom. The maximum absolute atomic E-state index is 12.6. The summed E-state index contributed by atoms with van der Waals surface area (Å²) in [6, 6.07) is 7.79. The lowest BCUT2D eigenvalue weighted by Gasteiger charge is -2.30. The number of rotatable bonds is 5. The van der Waals surface area contributed by atoms with Gasteiger partial charge in [0.05, 0.1) is 0 Å². The predicted molar refractivity (Wildman–Crippen MR) is 99.9 cm³/mol. The topological polar surface area (TPSA) is 87.8 Å². The first kappa shape index (κ1) is 21.5. The molecule has 0 unspecified atom stereocenters. The van der Waals surface area contributed by atoms with Crippen LogP contribution < -0.4 is 11.1 Å².